The molecule has 116 valence electrons. The molecule has 0 spiro atoms. The Kier molecular flexibility index (Phi) is 5.44. The summed E-state index contributed by atoms with van der Waals surface area (Å²) in [4.78, 5) is 14.8. The zero-order valence-corrected chi connectivity index (χ0v) is 13.3. The van der Waals surface area contributed by atoms with Gasteiger partial charge in [0.25, 0.3) is 0 Å². The van der Waals surface area contributed by atoms with Crippen LogP contribution in [-0.4, -0.2) is 42.5 Å². The standard InChI is InChI=1S/C16H31N3O/c1-11(2)19-8-7-13(10-19)9-18-16(20)14-6-4-5-12(3)15(14)17/h11-15H,4-10,17H2,1-3H3,(H,18,20). The molecule has 1 saturated carbocycles. The highest BCUT2D eigenvalue weighted by atomic mass is 16.1. The van der Waals surface area contributed by atoms with Gasteiger partial charge in [-0.15, -0.1) is 0 Å². The lowest BCUT2D eigenvalue weighted by atomic mass is 9.78. The third-order valence-electron chi connectivity index (χ3n) is 5.25. The number of rotatable bonds is 4. The molecular formula is C16H31N3O. The Balaban J connectivity index is 1.75. The van der Waals surface area contributed by atoms with E-state index >= 15 is 0 Å². The molecule has 0 bridgehead atoms. The van der Waals surface area contributed by atoms with Crippen molar-refractivity contribution >= 4 is 5.91 Å². The van der Waals surface area contributed by atoms with Crippen LogP contribution in [0.5, 0.6) is 0 Å². The van der Waals surface area contributed by atoms with Gasteiger partial charge in [0.2, 0.25) is 5.91 Å². The first-order valence-corrected chi connectivity index (χ1v) is 8.26. The van der Waals surface area contributed by atoms with E-state index in [1.165, 1.54) is 6.42 Å². The summed E-state index contributed by atoms with van der Waals surface area (Å²) in [6, 6.07) is 0.655. The Morgan fingerprint density at radius 1 is 1.35 bits per heavy atom. The minimum Gasteiger partial charge on any atom is -0.355 e. The number of carbonyl (C=O) groups excluding carboxylic acids is 1. The van der Waals surface area contributed by atoms with Crippen molar-refractivity contribution in [3.63, 3.8) is 0 Å². The molecule has 1 heterocycles. The topological polar surface area (TPSA) is 58.4 Å². The molecule has 20 heavy (non-hydrogen) atoms. The number of nitrogens with two attached hydrogens (primary N) is 1. The van der Waals surface area contributed by atoms with Gasteiger partial charge in [-0.1, -0.05) is 13.3 Å². The Morgan fingerprint density at radius 3 is 2.75 bits per heavy atom. The van der Waals surface area contributed by atoms with Crippen molar-refractivity contribution in [1.29, 1.82) is 0 Å². The van der Waals surface area contributed by atoms with Crippen LogP contribution in [0.2, 0.25) is 0 Å². The zero-order valence-electron chi connectivity index (χ0n) is 13.3. The van der Waals surface area contributed by atoms with E-state index in [2.05, 4.69) is 31.0 Å². The summed E-state index contributed by atoms with van der Waals surface area (Å²) in [5.74, 6) is 1.30. The first kappa shape index (κ1) is 15.8. The average molecular weight is 281 g/mol. The fraction of sp³-hybridized carbons (Fsp3) is 0.938. The molecule has 3 N–H and O–H groups in total. The van der Waals surface area contributed by atoms with Gasteiger partial charge in [-0.2, -0.15) is 0 Å². The highest BCUT2D eigenvalue weighted by molar-refractivity contribution is 5.79. The zero-order chi connectivity index (χ0) is 14.7. The summed E-state index contributed by atoms with van der Waals surface area (Å²) in [6.07, 6.45) is 4.46. The Bertz CT molecular complexity index is 332. The van der Waals surface area contributed by atoms with Crippen LogP contribution in [0.1, 0.15) is 46.5 Å². The first-order chi connectivity index (χ1) is 9.49. The molecule has 2 aliphatic rings. The number of nitrogens with one attached hydrogen (secondary N) is 1. The van der Waals surface area contributed by atoms with Crippen molar-refractivity contribution < 1.29 is 4.79 Å². The molecule has 4 unspecified atom stereocenters. The molecule has 1 aliphatic carbocycles. The van der Waals surface area contributed by atoms with Gasteiger partial charge in [-0.3, -0.25) is 4.79 Å². The maximum absolute atomic E-state index is 12.3. The molecule has 0 aromatic rings. The molecule has 4 nitrogen and oxygen atoms in total. The minimum absolute atomic E-state index is 0.0290. The lowest BCUT2D eigenvalue weighted by Gasteiger charge is -2.33. The number of carbonyl (C=O) groups is 1. The molecule has 1 saturated heterocycles. The van der Waals surface area contributed by atoms with Gasteiger partial charge < -0.3 is 16.0 Å². The highest BCUT2D eigenvalue weighted by Gasteiger charge is 2.33. The van der Waals surface area contributed by atoms with E-state index in [9.17, 15) is 4.79 Å². The molecule has 4 heteroatoms. The van der Waals surface area contributed by atoms with Crippen molar-refractivity contribution in [1.82, 2.24) is 10.2 Å². The monoisotopic (exact) mass is 281 g/mol. The van der Waals surface area contributed by atoms with Crippen molar-refractivity contribution in [2.75, 3.05) is 19.6 Å². The van der Waals surface area contributed by atoms with Crippen molar-refractivity contribution in [3.8, 4) is 0 Å². The number of nitrogens with zero attached hydrogens (tertiary/aromatic N) is 1. The highest BCUT2D eigenvalue weighted by Crippen LogP contribution is 2.28. The molecule has 1 aliphatic heterocycles. The van der Waals surface area contributed by atoms with E-state index in [0.717, 1.165) is 38.9 Å². The van der Waals surface area contributed by atoms with Crippen LogP contribution < -0.4 is 11.1 Å². The largest absolute Gasteiger partial charge is 0.355 e. The molecule has 2 fully saturated rings. The van der Waals surface area contributed by atoms with Crippen molar-refractivity contribution in [3.05, 3.63) is 0 Å². The Labute approximate surface area is 123 Å². The smallest absolute Gasteiger partial charge is 0.224 e. The van der Waals surface area contributed by atoms with E-state index in [0.29, 0.717) is 17.9 Å². The number of likely N-dealkylation sites (tertiary alicyclic amines) is 1. The summed E-state index contributed by atoms with van der Waals surface area (Å²) >= 11 is 0. The van der Waals surface area contributed by atoms with Crippen molar-refractivity contribution in [2.45, 2.75) is 58.5 Å². The summed E-state index contributed by atoms with van der Waals surface area (Å²) in [6.45, 7) is 9.75. The SMILES string of the molecule is CC1CCCC(C(=O)NCC2CCN(C(C)C)C2)C1N. The fourth-order valence-electron chi connectivity index (χ4n) is 3.62. The molecular weight excluding hydrogens is 250 g/mol. The van der Waals surface area contributed by atoms with Gasteiger partial charge in [-0.05, 0) is 51.5 Å². The summed E-state index contributed by atoms with van der Waals surface area (Å²) < 4.78 is 0. The molecule has 0 radical (unpaired) electrons. The lowest BCUT2D eigenvalue weighted by Crippen LogP contribution is -2.48. The van der Waals surface area contributed by atoms with Crippen molar-refractivity contribution in [2.24, 2.45) is 23.5 Å². The van der Waals surface area contributed by atoms with Gasteiger partial charge in [0.05, 0.1) is 5.92 Å². The Morgan fingerprint density at radius 2 is 2.10 bits per heavy atom. The number of amides is 1. The van der Waals surface area contributed by atoms with Crippen LogP contribution >= 0.6 is 0 Å². The number of hydrogen-bond acceptors (Lipinski definition) is 3. The maximum atomic E-state index is 12.3. The predicted octanol–water partition coefficient (Wildman–Crippen LogP) is 1.60. The lowest BCUT2D eigenvalue weighted by molar-refractivity contribution is -0.127. The molecule has 0 aromatic heterocycles. The first-order valence-electron chi connectivity index (χ1n) is 8.26. The van der Waals surface area contributed by atoms with Crippen LogP contribution in [0, 0.1) is 17.8 Å². The predicted molar refractivity (Wildman–Crippen MR) is 82.3 cm³/mol. The maximum Gasteiger partial charge on any atom is 0.224 e. The summed E-state index contributed by atoms with van der Waals surface area (Å²) in [5.41, 5.74) is 6.20. The van der Waals surface area contributed by atoms with Gasteiger partial charge in [-0.25, -0.2) is 0 Å². The van der Waals surface area contributed by atoms with E-state index in [1.54, 1.807) is 0 Å². The minimum atomic E-state index is 0.0290. The third kappa shape index (κ3) is 3.73. The summed E-state index contributed by atoms with van der Waals surface area (Å²) in [5, 5.41) is 3.16. The fourth-order valence-corrected chi connectivity index (χ4v) is 3.62. The molecule has 2 rings (SSSR count). The average Bonchev–Trinajstić information content (AvgIpc) is 2.88. The van der Waals surface area contributed by atoms with E-state index in [1.807, 2.05) is 0 Å². The second-order valence-electron chi connectivity index (χ2n) is 7.08. The molecule has 4 atom stereocenters. The second kappa shape index (κ2) is 6.90. The second-order valence-corrected chi connectivity index (χ2v) is 7.08. The number of hydrogen-bond donors (Lipinski definition) is 2. The Hall–Kier alpha value is -0.610. The van der Waals surface area contributed by atoms with Crippen LogP contribution in [0.15, 0.2) is 0 Å². The van der Waals surface area contributed by atoms with E-state index in [4.69, 9.17) is 5.73 Å². The summed E-state index contributed by atoms with van der Waals surface area (Å²) in [7, 11) is 0. The normalized spacial score (nSPS) is 35.5. The van der Waals surface area contributed by atoms with Crippen LogP contribution in [-0.2, 0) is 4.79 Å². The van der Waals surface area contributed by atoms with Crippen LogP contribution in [0.4, 0.5) is 0 Å². The van der Waals surface area contributed by atoms with Gasteiger partial charge in [0, 0.05) is 25.2 Å². The quantitative estimate of drug-likeness (QED) is 0.823. The van der Waals surface area contributed by atoms with E-state index in [-0.39, 0.29) is 17.9 Å². The van der Waals surface area contributed by atoms with Gasteiger partial charge in [0.15, 0.2) is 0 Å². The third-order valence-corrected chi connectivity index (χ3v) is 5.25. The van der Waals surface area contributed by atoms with Gasteiger partial charge >= 0.3 is 0 Å². The van der Waals surface area contributed by atoms with Crippen LogP contribution in [0.3, 0.4) is 0 Å². The molecule has 1 amide bonds. The van der Waals surface area contributed by atoms with Crippen LogP contribution in [0.25, 0.3) is 0 Å². The van der Waals surface area contributed by atoms with E-state index < -0.39 is 0 Å². The van der Waals surface area contributed by atoms with Gasteiger partial charge in [0.1, 0.15) is 0 Å². The molecule has 0 aromatic carbocycles.